The largest absolute Gasteiger partial charge is 0.459 e. The SMILES string of the molecule is O=C(CCCc1ccccc1)Nc1ccc(Cl)cc1NC(=O)c1ccco1. The normalized spacial score (nSPS) is 10.4. The summed E-state index contributed by atoms with van der Waals surface area (Å²) in [6, 6.07) is 18.1. The van der Waals surface area contributed by atoms with E-state index in [0.717, 1.165) is 12.8 Å². The summed E-state index contributed by atoms with van der Waals surface area (Å²) in [5, 5.41) is 5.99. The molecule has 1 aromatic heterocycles. The molecule has 0 atom stereocenters. The van der Waals surface area contributed by atoms with Crippen LogP contribution in [-0.2, 0) is 11.2 Å². The number of rotatable bonds is 7. The first-order valence-electron chi connectivity index (χ1n) is 8.60. The highest BCUT2D eigenvalue weighted by atomic mass is 35.5. The van der Waals surface area contributed by atoms with E-state index >= 15 is 0 Å². The summed E-state index contributed by atoms with van der Waals surface area (Å²) in [5.74, 6) is -0.362. The molecule has 3 rings (SSSR count). The van der Waals surface area contributed by atoms with Gasteiger partial charge in [0.05, 0.1) is 17.6 Å². The number of carbonyl (C=O) groups is 2. The number of anilines is 2. The Kier molecular flexibility index (Phi) is 6.28. The van der Waals surface area contributed by atoms with Gasteiger partial charge in [0.15, 0.2) is 5.76 Å². The third kappa shape index (κ3) is 5.46. The topological polar surface area (TPSA) is 71.3 Å². The van der Waals surface area contributed by atoms with Gasteiger partial charge >= 0.3 is 0 Å². The van der Waals surface area contributed by atoms with Crippen molar-refractivity contribution >= 4 is 34.8 Å². The number of hydrogen-bond donors (Lipinski definition) is 2. The monoisotopic (exact) mass is 382 g/mol. The predicted molar refractivity (Wildman–Crippen MR) is 106 cm³/mol. The Bertz CT molecular complexity index is 908. The fourth-order valence-corrected chi connectivity index (χ4v) is 2.80. The van der Waals surface area contributed by atoms with E-state index in [1.165, 1.54) is 11.8 Å². The maximum absolute atomic E-state index is 12.3. The van der Waals surface area contributed by atoms with Crippen molar-refractivity contribution < 1.29 is 14.0 Å². The summed E-state index contributed by atoms with van der Waals surface area (Å²) in [7, 11) is 0. The first-order chi connectivity index (χ1) is 13.1. The van der Waals surface area contributed by atoms with Gasteiger partial charge in [-0.15, -0.1) is 0 Å². The molecule has 2 amide bonds. The molecule has 27 heavy (non-hydrogen) atoms. The molecule has 0 aliphatic heterocycles. The number of amides is 2. The fraction of sp³-hybridized carbons (Fsp3) is 0.143. The molecule has 2 aromatic carbocycles. The van der Waals surface area contributed by atoms with Gasteiger partial charge in [0, 0.05) is 11.4 Å². The van der Waals surface area contributed by atoms with E-state index in [-0.39, 0.29) is 11.7 Å². The highest BCUT2D eigenvalue weighted by Crippen LogP contribution is 2.26. The molecule has 138 valence electrons. The van der Waals surface area contributed by atoms with E-state index in [0.29, 0.717) is 22.8 Å². The van der Waals surface area contributed by atoms with Gasteiger partial charge in [-0.2, -0.15) is 0 Å². The van der Waals surface area contributed by atoms with Gasteiger partial charge in [0.1, 0.15) is 0 Å². The number of furan rings is 1. The van der Waals surface area contributed by atoms with Crippen LogP contribution in [0, 0.1) is 0 Å². The summed E-state index contributed by atoms with van der Waals surface area (Å²) in [6.07, 6.45) is 3.36. The van der Waals surface area contributed by atoms with E-state index < -0.39 is 5.91 Å². The zero-order valence-electron chi connectivity index (χ0n) is 14.6. The second-order valence-electron chi connectivity index (χ2n) is 6.01. The zero-order chi connectivity index (χ0) is 19.1. The predicted octanol–water partition coefficient (Wildman–Crippen LogP) is 5.15. The molecule has 0 bridgehead atoms. The quantitative estimate of drug-likeness (QED) is 0.593. The Morgan fingerprint density at radius 1 is 0.926 bits per heavy atom. The molecular weight excluding hydrogens is 364 g/mol. The Morgan fingerprint density at radius 3 is 2.48 bits per heavy atom. The number of halogens is 1. The molecule has 0 radical (unpaired) electrons. The summed E-state index contributed by atoms with van der Waals surface area (Å²) >= 11 is 6.03. The van der Waals surface area contributed by atoms with Gasteiger partial charge in [-0.1, -0.05) is 41.9 Å². The standard InChI is InChI=1S/C21H19ClN2O3/c22-16-11-12-17(18(14-16)24-21(26)19-9-5-13-27-19)23-20(25)10-4-8-15-6-2-1-3-7-15/h1-3,5-7,9,11-14H,4,8,10H2,(H,23,25)(H,24,26). The van der Waals surface area contributed by atoms with E-state index in [2.05, 4.69) is 10.6 Å². The van der Waals surface area contributed by atoms with Crippen molar-refractivity contribution in [1.82, 2.24) is 0 Å². The molecule has 0 aliphatic rings. The van der Waals surface area contributed by atoms with Crippen LogP contribution in [0.2, 0.25) is 5.02 Å². The van der Waals surface area contributed by atoms with E-state index in [9.17, 15) is 9.59 Å². The average molecular weight is 383 g/mol. The molecule has 0 fully saturated rings. The van der Waals surface area contributed by atoms with Crippen LogP contribution in [0.3, 0.4) is 0 Å². The molecule has 0 saturated carbocycles. The highest BCUT2D eigenvalue weighted by molar-refractivity contribution is 6.31. The molecular formula is C21H19ClN2O3. The summed E-state index contributed by atoms with van der Waals surface area (Å²) in [4.78, 5) is 24.5. The lowest BCUT2D eigenvalue weighted by molar-refractivity contribution is -0.116. The van der Waals surface area contributed by atoms with Crippen molar-refractivity contribution in [2.45, 2.75) is 19.3 Å². The van der Waals surface area contributed by atoms with Gasteiger partial charge in [-0.25, -0.2) is 0 Å². The second-order valence-corrected chi connectivity index (χ2v) is 6.45. The summed E-state index contributed by atoms with van der Waals surface area (Å²) < 4.78 is 5.08. The van der Waals surface area contributed by atoms with Crippen molar-refractivity contribution in [2.75, 3.05) is 10.6 Å². The van der Waals surface area contributed by atoms with Gasteiger partial charge in [-0.05, 0) is 48.7 Å². The van der Waals surface area contributed by atoms with Gasteiger partial charge in [0.25, 0.3) is 5.91 Å². The van der Waals surface area contributed by atoms with Crippen LogP contribution >= 0.6 is 11.6 Å². The van der Waals surface area contributed by atoms with Crippen LogP contribution in [-0.4, -0.2) is 11.8 Å². The fourth-order valence-electron chi connectivity index (χ4n) is 2.63. The lowest BCUT2D eigenvalue weighted by Gasteiger charge is -2.12. The molecule has 6 heteroatoms. The Balaban J connectivity index is 1.60. The van der Waals surface area contributed by atoms with Crippen molar-refractivity contribution in [3.8, 4) is 0 Å². The number of hydrogen-bond acceptors (Lipinski definition) is 3. The second kappa shape index (κ2) is 9.05. The summed E-state index contributed by atoms with van der Waals surface area (Å²) in [5.41, 5.74) is 2.10. The van der Waals surface area contributed by atoms with Gasteiger partial charge in [-0.3, -0.25) is 9.59 Å². The van der Waals surface area contributed by atoms with Gasteiger partial charge < -0.3 is 15.1 Å². The highest BCUT2D eigenvalue weighted by Gasteiger charge is 2.13. The van der Waals surface area contributed by atoms with Crippen LogP contribution in [0.15, 0.2) is 71.3 Å². The third-order valence-electron chi connectivity index (χ3n) is 3.96. The number of aryl methyl sites for hydroxylation is 1. The van der Waals surface area contributed by atoms with Crippen molar-refractivity contribution in [1.29, 1.82) is 0 Å². The number of carbonyl (C=O) groups excluding carboxylic acids is 2. The zero-order valence-corrected chi connectivity index (χ0v) is 15.3. The molecule has 0 unspecified atom stereocenters. The van der Waals surface area contributed by atoms with E-state index in [1.54, 1.807) is 30.3 Å². The molecule has 3 aromatic rings. The van der Waals surface area contributed by atoms with E-state index in [1.807, 2.05) is 30.3 Å². The van der Waals surface area contributed by atoms with Crippen molar-refractivity contribution in [3.63, 3.8) is 0 Å². The maximum Gasteiger partial charge on any atom is 0.291 e. The minimum absolute atomic E-state index is 0.123. The third-order valence-corrected chi connectivity index (χ3v) is 4.20. The van der Waals surface area contributed by atoms with Crippen LogP contribution in [0.5, 0.6) is 0 Å². The lowest BCUT2D eigenvalue weighted by atomic mass is 10.1. The van der Waals surface area contributed by atoms with Crippen LogP contribution in [0.4, 0.5) is 11.4 Å². The van der Waals surface area contributed by atoms with Crippen molar-refractivity contribution in [3.05, 3.63) is 83.3 Å². The molecule has 0 spiro atoms. The van der Waals surface area contributed by atoms with Gasteiger partial charge in [0.2, 0.25) is 5.91 Å². The minimum Gasteiger partial charge on any atom is -0.459 e. The molecule has 5 nitrogen and oxygen atoms in total. The number of nitrogens with one attached hydrogen (secondary N) is 2. The first-order valence-corrected chi connectivity index (χ1v) is 8.98. The smallest absolute Gasteiger partial charge is 0.291 e. The Labute approximate surface area is 162 Å². The Morgan fingerprint density at radius 2 is 1.74 bits per heavy atom. The van der Waals surface area contributed by atoms with Crippen LogP contribution in [0.1, 0.15) is 29.0 Å². The average Bonchev–Trinajstić information content (AvgIpc) is 3.20. The maximum atomic E-state index is 12.3. The molecule has 0 aliphatic carbocycles. The van der Waals surface area contributed by atoms with Crippen LogP contribution < -0.4 is 10.6 Å². The van der Waals surface area contributed by atoms with E-state index in [4.69, 9.17) is 16.0 Å². The lowest BCUT2D eigenvalue weighted by Crippen LogP contribution is -2.16. The first kappa shape index (κ1) is 18.7. The Hall–Kier alpha value is -3.05. The molecule has 2 N–H and O–H groups in total. The van der Waals surface area contributed by atoms with Crippen LogP contribution in [0.25, 0.3) is 0 Å². The minimum atomic E-state index is -0.415. The molecule has 0 saturated heterocycles. The van der Waals surface area contributed by atoms with Crippen molar-refractivity contribution in [2.24, 2.45) is 0 Å². The number of benzene rings is 2. The molecule has 1 heterocycles. The summed E-state index contributed by atoms with van der Waals surface area (Å²) in [6.45, 7) is 0.